The summed E-state index contributed by atoms with van der Waals surface area (Å²) in [6, 6.07) is 12.1. The molecule has 0 atom stereocenters. The molecule has 0 saturated heterocycles. The minimum absolute atomic E-state index is 0.998. The fraction of sp³-hybridized carbons (Fsp3) is 0.0833. The lowest BCUT2D eigenvalue weighted by Gasteiger charge is -1.91. The second kappa shape index (κ2) is 4.20. The summed E-state index contributed by atoms with van der Waals surface area (Å²) in [6.07, 6.45) is 1.92. The summed E-state index contributed by atoms with van der Waals surface area (Å²) in [5.74, 6) is 0. The van der Waals surface area contributed by atoms with Crippen molar-refractivity contribution in [2.24, 2.45) is 4.99 Å². The van der Waals surface area contributed by atoms with E-state index in [1.807, 2.05) is 36.5 Å². The van der Waals surface area contributed by atoms with E-state index in [0.29, 0.717) is 0 Å². The molecule has 2 aromatic rings. The molecule has 1 nitrogen and oxygen atoms in total. The predicted molar refractivity (Wildman–Crippen MR) is 62.8 cm³/mol. The summed E-state index contributed by atoms with van der Waals surface area (Å²) in [4.78, 5) is 5.70. The van der Waals surface area contributed by atoms with Crippen molar-refractivity contribution < 1.29 is 0 Å². The molecule has 0 radical (unpaired) electrons. The van der Waals surface area contributed by atoms with E-state index in [9.17, 15) is 0 Å². The molecule has 1 aromatic carbocycles. The first-order chi connectivity index (χ1) is 6.86. The van der Waals surface area contributed by atoms with Crippen LogP contribution in [0.1, 0.15) is 10.4 Å². The standard InChI is InChI=1S/C12H11NS/c1-10-11(7-8-14-10)9-13-12-5-3-2-4-6-12/h2-9H,1H3. The molecule has 0 aliphatic heterocycles. The van der Waals surface area contributed by atoms with Crippen molar-refractivity contribution in [3.8, 4) is 0 Å². The molecule has 0 fully saturated rings. The van der Waals surface area contributed by atoms with Gasteiger partial charge in [-0.15, -0.1) is 11.3 Å². The van der Waals surface area contributed by atoms with E-state index in [1.165, 1.54) is 10.4 Å². The van der Waals surface area contributed by atoms with Gasteiger partial charge in [-0.2, -0.15) is 0 Å². The molecule has 1 heterocycles. The second-order valence-corrected chi connectivity index (χ2v) is 4.15. The maximum atomic E-state index is 4.39. The summed E-state index contributed by atoms with van der Waals surface area (Å²) >= 11 is 1.75. The van der Waals surface area contributed by atoms with E-state index in [2.05, 4.69) is 23.4 Å². The molecule has 70 valence electrons. The molecular formula is C12H11NS. The number of benzene rings is 1. The number of para-hydroxylation sites is 1. The van der Waals surface area contributed by atoms with E-state index in [-0.39, 0.29) is 0 Å². The third-order valence-electron chi connectivity index (χ3n) is 2.01. The maximum Gasteiger partial charge on any atom is 0.0629 e. The Kier molecular flexibility index (Phi) is 2.75. The average molecular weight is 201 g/mol. The van der Waals surface area contributed by atoms with Crippen molar-refractivity contribution in [2.45, 2.75) is 6.92 Å². The number of nitrogens with zero attached hydrogens (tertiary/aromatic N) is 1. The van der Waals surface area contributed by atoms with Crippen LogP contribution in [-0.2, 0) is 0 Å². The van der Waals surface area contributed by atoms with Crippen LogP contribution >= 0.6 is 11.3 Å². The molecule has 0 unspecified atom stereocenters. The molecule has 2 heteroatoms. The van der Waals surface area contributed by atoms with Crippen LogP contribution in [0.2, 0.25) is 0 Å². The number of thiophene rings is 1. The van der Waals surface area contributed by atoms with Gasteiger partial charge in [-0.1, -0.05) is 18.2 Å². The topological polar surface area (TPSA) is 12.4 Å². The SMILES string of the molecule is Cc1sccc1C=Nc1ccccc1. The largest absolute Gasteiger partial charge is 0.256 e. The van der Waals surface area contributed by atoms with Gasteiger partial charge in [0.2, 0.25) is 0 Å². The van der Waals surface area contributed by atoms with Gasteiger partial charge in [0.05, 0.1) is 5.69 Å². The smallest absolute Gasteiger partial charge is 0.0629 e. The molecule has 0 amide bonds. The van der Waals surface area contributed by atoms with Crippen molar-refractivity contribution in [1.29, 1.82) is 0 Å². The highest BCUT2D eigenvalue weighted by molar-refractivity contribution is 7.10. The van der Waals surface area contributed by atoms with Crippen LogP contribution in [0.25, 0.3) is 0 Å². The summed E-state index contributed by atoms with van der Waals surface area (Å²) < 4.78 is 0. The van der Waals surface area contributed by atoms with Crippen LogP contribution < -0.4 is 0 Å². The Hall–Kier alpha value is -1.41. The monoisotopic (exact) mass is 201 g/mol. The van der Waals surface area contributed by atoms with Crippen molar-refractivity contribution >= 4 is 23.2 Å². The molecular weight excluding hydrogens is 190 g/mol. The van der Waals surface area contributed by atoms with E-state index in [4.69, 9.17) is 0 Å². The normalized spacial score (nSPS) is 10.9. The maximum absolute atomic E-state index is 4.39. The van der Waals surface area contributed by atoms with Gasteiger partial charge in [0.1, 0.15) is 0 Å². The minimum atomic E-state index is 0.998. The van der Waals surface area contributed by atoms with Crippen LogP contribution in [0.5, 0.6) is 0 Å². The molecule has 0 saturated carbocycles. The first kappa shape index (κ1) is 9.16. The number of aliphatic imine (C=N–C) groups is 1. The second-order valence-electron chi connectivity index (χ2n) is 3.03. The quantitative estimate of drug-likeness (QED) is 0.655. The van der Waals surface area contributed by atoms with Gasteiger partial charge in [0.15, 0.2) is 0 Å². The third-order valence-corrected chi connectivity index (χ3v) is 2.87. The number of hydrogen-bond donors (Lipinski definition) is 0. The Morgan fingerprint density at radius 1 is 1.14 bits per heavy atom. The highest BCUT2D eigenvalue weighted by atomic mass is 32.1. The molecule has 0 aliphatic carbocycles. The summed E-state index contributed by atoms with van der Waals surface area (Å²) in [5.41, 5.74) is 2.21. The van der Waals surface area contributed by atoms with E-state index in [1.54, 1.807) is 11.3 Å². The first-order valence-electron chi connectivity index (χ1n) is 4.49. The van der Waals surface area contributed by atoms with Gasteiger partial charge in [0.25, 0.3) is 0 Å². The third kappa shape index (κ3) is 2.09. The van der Waals surface area contributed by atoms with Gasteiger partial charge in [-0.25, -0.2) is 0 Å². The Morgan fingerprint density at radius 3 is 2.57 bits per heavy atom. The van der Waals surface area contributed by atoms with Crippen molar-refractivity contribution in [3.63, 3.8) is 0 Å². The number of rotatable bonds is 2. The van der Waals surface area contributed by atoms with Crippen molar-refractivity contribution in [2.75, 3.05) is 0 Å². The molecule has 0 bridgehead atoms. The zero-order valence-electron chi connectivity index (χ0n) is 7.97. The first-order valence-corrected chi connectivity index (χ1v) is 5.37. The lowest BCUT2D eigenvalue weighted by atomic mass is 10.3. The minimum Gasteiger partial charge on any atom is -0.256 e. The van der Waals surface area contributed by atoms with E-state index in [0.717, 1.165) is 5.69 Å². The Bertz CT molecular complexity index is 429. The van der Waals surface area contributed by atoms with Crippen molar-refractivity contribution in [1.82, 2.24) is 0 Å². The van der Waals surface area contributed by atoms with Crippen LogP contribution in [0.3, 0.4) is 0 Å². The van der Waals surface area contributed by atoms with Gasteiger partial charge in [0, 0.05) is 16.7 Å². The molecule has 0 aliphatic rings. The predicted octanol–water partition coefficient (Wildman–Crippen LogP) is 3.81. The molecule has 0 spiro atoms. The molecule has 0 N–H and O–H groups in total. The summed E-state index contributed by atoms with van der Waals surface area (Å²) in [7, 11) is 0. The van der Waals surface area contributed by atoms with Crippen LogP contribution in [-0.4, -0.2) is 6.21 Å². The fourth-order valence-corrected chi connectivity index (χ4v) is 1.86. The van der Waals surface area contributed by atoms with E-state index < -0.39 is 0 Å². The zero-order valence-corrected chi connectivity index (χ0v) is 8.79. The Balaban J connectivity index is 2.20. The van der Waals surface area contributed by atoms with Crippen LogP contribution in [0.4, 0.5) is 5.69 Å². The van der Waals surface area contributed by atoms with Crippen LogP contribution in [0.15, 0.2) is 46.8 Å². The van der Waals surface area contributed by atoms with Crippen molar-refractivity contribution in [3.05, 3.63) is 52.2 Å². The number of aryl methyl sites for hydroxylation is 1. The highest BCUT2D eigenvalue weighted by Gasteiger charge is 1.94. The fourth-order valence-electron chi connectivity index (χ4n) is 1.19. The van der Waals surface area contributed by atoms with Gasteiger partial charge in [-0.3, -0.25) is 4.99 Å². The average Bonchev–Trinajstić information content (AvgIpc) is 2.63. The van der Waals surface area contributed by atoms with Crippen LogP contribution in [0, 0.1) is 6.92 Å². The van der Waals surface area contributed by atoms with Gasteiger partial charge >= 0.3 is 0 Å². The Labute approximate surface area is 87.8 Å². The lowest BCUT2D eigenvalue weighted by Crippen LogP contribution is -1.77. The highest BCUT2D eigenvalue weighted by Crippen LogP contribution is 2.15. The van der Waals surface area contributed by atoms with Gasteiger partial charge < -0.3 is 0 Å². The molecule has 14 heavy (non-hydrogen) atoms. The number of hydrogen-bond acceptors (Lipinski definition) is 2. The van der Waals surface area contributed by atoms with Gasteiger partial charge in [-0.05, 0) is 30.5 Å². The molecule has 1 aromatic heterocycles. The Morgan fingerprint density at radius 2 is 1.93 bits per heavy atom. The molecule has 2 rings (SSSR count). The zero-order chi connectivity index (χ0) is 9.80. The summed E-state index contributed by atoms with van der Waals surface area (Å²) in [6.45, 7) is 2.11. The summed E-state index contributed by atoms with van der Waals surface area (Å²) in [5, 5.41) is 2.08. The lowest BCUT2D eigenvalue weighted by molar-refractivity contribution is 1.52. The van der Waals surface area contributed by atoms with E-state index >= 15 is 0 Å².